The molecule has 0 aliphatic carbocycles. The highest BCUT2D eigenvalue weighted by molar-refractivity contribution is 7.99. The van der Waals surface area contributed by atoms with E-state index in [9.17, 15) is 9.90 Å². The first-order valence-corrected chi connectivity index (χ1v) is 16.1. The van der Waals surface area contributed by atoms with Crippen LogP contribution < -0.4 is 15.4 Å². The molecule has 2 heterocycles. The average molecular weight is 637 g/mol. The van der Waals surface area contributed by atoms with Crippen molar-refractivity contribution in [2.24, 2.45) is 7.05 Å². The lowest BCUT2D eigenvalue weighted by atomic mass is 10.0. The number of amides is 2. The number of hydrogen-bond acceptors (Lipinski definition) is 7. The number of carbonyl (C=O) groups excluding carboxylic acids is 1. The van der Waals surface area contributed by atoms with Crippen LogP contribution in [-0.4, -0.2) is 32.5 Å². The summed E-state index contributed by atoms with van der Waals surface area (Å²) in [5, 5.41) is 16.2. The number of para-hydroxylation sites is 1. The minimum Gasteiger partial charge on any atom is -0.457 e. The Kier molecular flexibility index (Phi) is 10.3. The maximum absolute atomic E-state index is 12.6. The van der Waals surface area contributed by atoms with Crippen molar-refractivity contribution in [1.29, 1.82) is 0 Å². The number of aliphatic hydroxyl groups is 1. The van der Waals surface area contributed by atoms with E-state index in [1.54, 1.807) is 30.1 Å². The fourth-order valence-electron chi connectivity index (χ4n) is 5.06. The number of nitrogens with zero attached hydrogens (tertiary/aromatic N) is 2. The molecule has 6 rings (SSSR count). The Bertz CT molecular complexity index is 1700. The molecule has 5 aromatic rings. The summed E-state index contributed by atoms with van der Waals surface area (Å²) >= 11 is 1.66. The smallest absolute Gasteiger partial charge is 0.319 e. The third-order valence-corrected chi connectivity index (χ3v) is 8.78. The molecule has 236 valence electrons. The second-order valence-electron chi connectivity index (χ2n) is 11.0. The maximum Gasteiger partial charge on any atom is 0.319 e. The standard InChI is InChI=1S/C36H36N4O5S/c1-40-20-19-37-36(40)46-24-32-21-33(27-11-9-26(23-41)10-12-27)45-34(44-32)28-13-7-25(8-14-28)22-38-35(42)39-29-15-17-31(18-16-29)43-30-5-3-2-4-6-30/h2-20,32-34,41H,21-24H2,1H3,(H2,38,39,42). The molecule has 0 bridgehead atoms. The van der Waals surface area contributed by atoms with Crippen LogP contribution in [0.3, 0.4) is 0 Å². The molecule has 10 heteroatoms. The van der Waals surface area contributed by atoms with Crippen molar-refractivity contribution in [1.82, 2.24) is 14.9 Å². The Morgan fingerprint density at radius 1 is 0.913 bits per heavy atom. The van der Waals surface area contributed by atoms with Gasteiger partial charge in [-0.15, -0.1) is 0 Å². The SMILES string of the molecule is Cn1ccnc1SCC1CC(c2ccc(CO)cc2)OC(c2ccc(CNC(=O)Nc3ccc(Oc4ccccc4)cc3)cc2)O1. The second-order valence-corrected chi connectivity index (χ2v) is 12.0. The van der Waals surface area contributed by atoms with Gasteiger partial charge in [0, 0.05) is 49.4 Å². The fraction of sp³-hybridized carbons (Fsp3) is 0.222. The van der Waals surface area contributed by atoms with E-state index >= 15 is 0 Å². The van der Waals surface area contributed by atoms with Crippen molar-refractivity contribution in [2.75, 3.05) is 11.1 Å². The molecule has 3 atom stereocenters. The highest BCUT2D eigenvalue weighted by Gasteiger charge is 2.32. The molecular formula is C36H36N4O5S. The zero-order chi connectivity index (χ0) is 31.7. The lowest BCUT2D eigenvalue weighted by Crippen LogP contribution is -2.31. The van der Waals surface area contributed by atoms with Crippen LogP contribution in [0.25, 0.3) is 0 Å². The number of benzene rings is 4. The van der Waals surface area contributed by atoms with Gasteiger partial charge in [0.25, 0.3) is 0 Å². The molecule has 4 aromatic carbocycles. The van der Waals surface area contributed by atoms with E-state index in [2.05, 4.69) is 15.6 Å². The number of aromatic nitrogens is 2. The number of hydrogen-bond donors (Lipinski definition) is 3. The molecule has 1 fully saturated rings. The maximum atomic E-state index is 12.6. The van der Waals surface area contributed by atoms with Gasteiger partial charge in [0.05, 0.1) is 18.8 Å². The molecule has 0 radical (unpaired) electrons. The first-order chi connectivity index (χ1) is 22.5. The third kappa shape index (κ3) is 8.35. The Morgan fingerprint density at radius 3 is 2.30 bits per heavy atom. The van der Waals surface area contributed by atoms with Crippen LogP contribution in [-0.2, 0) is 29.7 Å². The second kappa shape index (κ2) is 15.1. The van der Waals surface area contributed by atoms with Crippen molar-refractivity contribution < 1.29 is 24.1 Å². The molecule has 1 aliphatic rings. The molecule has 3 N–H and O–H groups in total. The van der Waals surface area contributed by atoms with Gasteiger partial charge in [-0.2, -0.15) is 0 Å². The summed E-state index contributed by atoms with van der Waals surface area (Å²) in [6.07, 6.45) is 3.64. The largest absolute Gasteiger partial charge is 0.457 e. The van der Waals surface area contributed by atoms with Gasteiger partial charge in [-0.1, -0.05) is 78.5 Å². The molecule has 0 spiro atoms. The molecule has 0 saturated carbocycles. The fourth-order valence-corrected chi connectivity index (χ4v) is 6.01. The zero-order valence-corrected chi connectivity index (χ0v) is 26.2. The van der Waals surface area contributed by atoms with Crippen LogP contribution in [0, 0.1) is 0 Å². The van der Waals surface area contributed by atoms with Gasteiger partial charge < -0.3 is 34.5 Å². The number of ether oxygens (including phenoxy) is 3. The van der Waals surface area contributed by atoms with Crippen LogP contribution in [0.15, 0.2) is 121 Å². The number of carbonyl (C=O) groups is 1. The molecule has 1 aromatic heterocycles. The molecule has 1 aliphatic heterocycles. The van der Waals surface area contributed by atoms with E-state index in [4.69, 9.17) is 14.2 Å². The molecule has 46 heavy (non-hydrogen) atoms. The number of aliphatic hydroxyl groups excluding tert-OH is 1. The number of thioether (sulfide) groups is 1. The van der Waals surface area contributed by atoms with Crippen molar-refractivity contribution in [3.05, 3.63) is 138 Å². The Hall–Kier alpha value is -4.61. The average Bonchev–Trinajstić information content (AvgIpc) is 3.52. The number of aryl methyl sites for hydroxylation is 1. The highest BCUT2D eigenvalue weighted by atomic mass is 32.2. The lowest BCUT2D eigenvalue weighted by Gasteiger charge is -2.36. The third-order valence-electron chi connectivity index (χ3n) is 7.59. The van der Waals surface area contributed by atoms with Crippen LogP contribution in [0.5, 0.6) is 11.5 Å². The number of nitrogens with one attached hydrogen (secondary N) is 2. The van der Waals surface area contributed by atoms with Crippen LogP contribution >= 0.6 is 11.8 Å². The van der Waals surface area contributed by atoms with Crippen molar-refractivity contribution in [2.45, 2.75) is 43.2 Å². The van der Waals surface area contributed by atoms with Gasteiger partial charge in [0.15, 0.2) is 11.4 Å². The number of anilines is 1. The van der Waals surface area contributed by atoms with Gasteiger partial charge in [-0.25, -0.2) is 9.78 Å². The monoisotopic (exact) mass is 636 g/mol. The van der Waals surface area contributed by atoms with E-state index in [0.717, 1.165) is 38.9 Å². The normalized spacial score (nSPS) is 17.7. The van der Waals surface area contributed by atoms with Gasteiger partial charge >= 0.3 is 6.03 Å². The van der Waals surface area contributed by atoms with Gasteiger partial charge in [-0.05, 0) is 53.1 Å². The number of imidazole rings is 1. The van der Waals surface area contributed by atoms with E-state index in [1.807, 2.05) is 109 Å². The molecule has 1 saturated heterocycles. The van der Waals surface area contributed by atoms with E-state index in [0.29, 0.717) is 24.4 Å². The molecule has 2 amide bonds. The zero-order valence-electron chi connectivity index (χ0n) is 25.4. The minimum absolute atomic E-state index is 0.00104. The quantitative estimate of drug-likeness (QED) is 0.130. The lowest BCUT2D eigenvalue weighted by molar-refractivity contribution is -0.245. The van der Waals surface area contributed by atoms with Crippen LogP contribution in [0.4, 0.5) is 10.5 Å². The summed E-state index contributed by atoms with van der Waals surface area (Å²) in [6.45, 7) is 0.359. The summed E-state index contributed by atoms with van der Waals surface area (Å²) in [5.41, 5.74) is 4.41. The van der Waals surface area contributed by atoms with Crippen molar-refractivity contribution in [3.63, 3.8) is 0 Å². The van der Waals surface area contributed by atoms with Crippen LogP contribution in [0.2, 0.25) is 0 Å². The summed E-state index contributed by atoms with van der Waals surface area (Å²) in [5.74, 6) is 2.17. The predicted octanol–water partition coefficient (Wildman–Crippen LogP) is 7.36. The summed E-state index contributed by atoms with van der Waals surface area (Å²) in [6, 6.07) is 32.2. The first-order valence-electron chi connectivity index (χ1n) is 15.1. The van der Waals surface area contributed by atoms with E-state index in [-0.39, 0.29) is 24.8 Å². The molecule has 3 unspecified atom stereocenters. The van der Waals surface area contributed by atoms with Crippen molar-refractivity contribution >= 4 is 23.5 Å². The predicted molar refractivity (Wildman–Crippen MR) is 178 cm³/mol. The first kappa shape index (κ1) is 31.4. The van der Waals surface area contributed by atoms with E-state index in [1.165, 1.54) is 0 Å². The van der Waals surface area contributed by atoms with Gasteiger partial charge in [0.2, 0.25) is 0 Å². The summed E-state index contributed by atoms with van der Waals surface area (Å²) < 4.78 is 20.7. The Morgan fingerprint density at radius 2 is 1.61 bits per heavy atom. The van der Waals surface area contributed by atoms with Crippen molar-refractivity contribution in [3.8, 4) is 11.5 Å². The topological polar surface area (TPSA) is 107 Å². The highest BCUT2D eigenvalue weighted by Crippen LogP contribution is 2.39. The summed E-state index contributed by atoms with van der Waals surface area (Å²) in [4.78, 5) is 17.0. The number of urea groups is 1. The number of rotatable bonds is 11. The minimum atomic E-state index is -0.553. The molecule has 9 nitrogen and oxygen atoms in total. The van der Waals surface area contributed by atoms with Gasteiger partial charge in [0.1, 0.15) is 11.5 Å². The Labute approximate surface area is 272 Å². The van der Waals surface area contributed by atoms with E-state index < -0.39 is 6.29 Å². The molecular weight excluding hydrogens is 600 g/mol. The Balaban J connectivity index is 1.05. The van der Waals surface area contributed by atoms with Crippen LogP contribution in [0.1, 0.15) is 41.1 Å². The van der Waals surface area contributed by atoms with Gasteiger partial charge in [-0.3, -0.25) is 0 Å². The summed E-state index contributed by atoms with van der Waals surface area (Å²) in [7, 11) is 1.98.